The summed E-state index contributed by atoms with van der Waals surface area (Å²) in [6, 6.07) is 13.7. The molecule has 0 aliphatic carbocycles. The molecule has 0 spiro atoms. The Morgan fingerprint density at radius 2 is 1.88 bits per heavy atom. The number of carbonyl (C=O) groups is 1. The van der Waals surface area contributed by atoms with Gasteiger partial charge in [0.2, 0.25) is 5.91 Å². The zero-order chi connectivity index (χ0) is 18.7. The van der Waals surface area contributed by atoms with Crippen LogP contribution in [0.2, 0.25) is 0 Å². The van der Waals surface area contributed by atoms with Crippen molar-refractivity contribution in [1.29, 1.82) is 0 Å². The average Bonchev–Trinajstić information content (AvgIpc) is 3.02. The van der Waals surface area contributed by atoms with Gasteiger partial charge in [0.15, 0.2) is 15.4 Å². The van der Waals surface area contributed by atoms with Crippen LogP contribution in [0.5, 0.6) is 0 Å². The van der Waals surface area contributed by atoms with E-state index in [0.29, 0.717) is 10.8 Å². The van der Waals surface area contributed by atoms with Crippen LogP contribution in [0.4, 0.5) is 0 Å². The number of amides is 1. The van der Waals surface area contributed by atoms with E-state index < -0.39 is 9.84 Å². The number of carbonyl (C=O) groups excluding carboxylic acids is 1. The van der Waals surface area contributed by atoms with Crippen LogP contribution in [-0.4, -0.2) is 31.3 Å². The van der Waals surface area contributed by atoms with Gasteiger partial charge in [0, 0.05) is 6.26 Å². The lowest BCUT2D eigenvalue weighted by atomic mass is 10.1. The molecule has 0 saturated carbocycles. The predicted molar refractivity (Wildman–Crippen MR) is 101 cm³/mol. The predicted octanol–water partition coefficient (Wildman–Crippen LogP) is 3.20. The third kappa shape index (κ3) is 4.44. The number of oxazole rings is 1. The molecule has 1 aromatic heterocycles. The summed E-state index contributed by atoms with van der Waals surface area (Å²) in [5.41, 5.74) is 2.28. The van der Waals surface area contributed by atoms with Crippen molar-refractivity contribution in [3.63, 3.8) is 0 Å². The van der Waals surface area contributed by atoms with Crippen molar-refractivity contribution in [2.24, 2.45) is 0 Å². The second-order valence-electron chi connectivity index (χ2n) is 5.87. The number of thioether (sulfide) groups is 1. The average molecular weight is 390 g/mol. The summed E-state index contributed by atoms with van der Waals surface area (Å²) in [4.78, 5) is 16.7. The number of nitrogens with zero attached hydrogens (tertiary/aromatic N) is 1. The fourth-order valence-corrected chi connectivity index (χ4v) is 3.69. The Morgan fingerprint density at radius 3 is 2.54 bits per heavy atom. The van der Waals surface area contributed by atoms with Gasteiger partial charge >= 0.3 is 0 Å². The molecule has 0 radical (unpaired) electrons. The first-order valence-electron chi connectivity index (χ1n) is 7.91. The van der Waals surface area contributed by atoms with Crippen molar-refractivity contribution in [2.45, 2.75) is 23.1 Å². The first-order valence-corrected chi connectivity index (χ1v) is 10.8. The van der Waals surface area contributed by atoms with E-state index >= 15 is 0 Å². The van der Waals surface area contributed by atoms with E-state index in [0.717, 1.165) is 17.3 Å². The Labute approximate surface area is 155 Å². The molecule has 1 N–H and O–H groups in total. The van der Waals surface area contributed by atoms with Crippen LogP contribution in [0, 0.1) is 0 Å². The van der Waals surface area contributed by atoms with Crippen molar-refractivity contribution in [2.75, 3.05) is 12.0 Å². The lowest BCUT2D eigenvalue weighted by Gasteiger charge is -2.14. The lowest BCUT2D eigenvalue weighted by Crippen LogP contribution is -2.28. The zero-order valence-electron chi connectivity index (χ0n) is 14.3. The van der Waals surface area contributed by atoms with Crippen LogP contribution in [-0.2, 0) is 14.6 Å². The quantitative estimate of drug-likeness (QED) is 0.650. The fraction of sp³-hybridized carbons (Fsp3) is 0.222. The van der Waals surface area contributed by atoms with Crippen LogP contribution in [0.1, 0.15) is 18.5 Å². The molecule has 6 nitrogen and oxygen atoms in total. The standard InChI is InChI=1S/C18H18N2O4S2/c1-12(13-7-9-14(10-8-13)26(2,22)23)19-17(21)11-25-18-20-15-5-3-4-6-16(15)24-18/h3-10,12H,11H2,1-2H3,(H,19,21). The van der Waals surface area contributed by atoms with Crippen molar-refractivity contribution < 1.29 is 17.6 Å². The van der Waals surface area contributed by atoms with Crippen molar-refractivity contribution in [1.82, 2.24) is 10.3 Å². The van der Waals surface area contributed by atoms with E-state index in [1.165, 1.54) is 11.8 Å². The number of hydrogen-bond acceptors (Lipinski definition) is 6. The molecule has 136 valence electrons. The summed E-state index contributed by atoms with van der Waals surface area (Å²) in [6.45, 7) is 1.84. The lowest BCUT2D eigenvalue weighted by molar-refractivity contribution is -0.119. The highest BCUT2D eigenvalue weighted by Crippen LogP contribution is 2.23. The van der Waals surface area contributed by atoms with Crippen molar-refractivity contribution in [3.8, 4) is 0 Å². The molecule has 26 heavy (non-hydrogen) atoms. The molecule has 0 aliphatic heterocycles. The monoisotopic (exact) mass is 390 g/mol. The highest BCUT2D eigenvalue weighted by atomic mass is 32.2. The zero-order valence-corrected chi connectivity index (χ0v) is 15.9. The first kappa shape index (κ1) is 18.5. The van der Waals surface area contributed by atoms with Gasteiger partial charge in [-0.2, -0.15) is 0 Å². The highest BCUT2D eigenvalue weighted by Gasteiger charge is 2.13. The molecule has 0 saturated heterocycles. The summed E-state index contributed by atoms with van der Waals surface area (Å²) in [6.07, 6.45) is 1.16. The van der Waals surface area contributed by atoms with E-state index in [1.807, 2.05) is 31.2 Å². The SMILES string of the molecule is CC(NC(=O)CSc1nc2ccccc2o1)c1ccc(S(C)(=O)=O)cc1. The van der Waals surface area contributed by atoms with Crippen LogP contribution in [0.25, 0.3) is 11.1 Å². The summed E-state index contributed by atoms with van der Waals surface area (Å²) < 4.78 is 28.5. The number of para-hydroxylation sites is 2. The smallest absolute Gasteiger partial charge is 0.257 e. The van der Waals surface area contributed by atoms with Gasteiger partial charge in [-0.15, -0.1) is 0 Å². The van der Waals surface area contributed by atoms with E-state index in [2.05, 4.69) is 10.3 Å². The minimum absolute atomic E-state index is 0.156. The Morgan fingerprint density at radius 1 is 1.19 bits per heavy atom. The number of sulfone groups is 1. The maximum absolute atomic E-state index is 12.1. The number of benzene rings is 2. The van der Waals surface area contributed by atoms with Gasteiger partial charge < -0.3 is 9.73 Å². The number of aromatic nitrogens is 1. The minimum Gasteiger partial charge on any atom is -0.431 e. The second kappa shape index (κ2) is 7.51. The first-order chi connectivity index (χ1) is 12.3. The molecule has 8 heteroatoms. The Bertz CT molecular complexity index is 994. The molecule has 2 aromatic carbocycles. The minimum atomic E-state index is -3.23. The van der Waals surface area contributed by atoms with Crippen molar-refractivity contribution >= 4 is 38.6 Å². The van der Waals surface area contributed by atoms with Gasteiger partial charge in [-0.25, -0.2) is 13.4 Å². The summed E-state index contributed by atoms with van der Waals surface area (Å²) in [5, 5.41) is 3.33. The van der Waals surface area contributed by atoms with Crippen LogP contribution < -0.4 is 5.32 Å². The molecule has 1 amide bonds. The summed E-state index contributed by atoms with van der Waals surface area (Å²) in [7, 11) is -3.23. The van der Waals surface area contributed by atoms with E-state index in [-0.39, 0.29) is 22.6 Å². The van der Waals surface area contributed by atoms with Gasteiger partial charge in [-0.3, -0.25) is 4.79 Å². The molecule has 1 unspecified atom stereocenters. The van der Waals surface area contributed by atoms with Gasteiger partial charge in [-0.1, -0.05) is 36.0 Å². The Balaban J connectivity index is 1.57. The number of fused-ring (bicyclic) bond motifs is 1. The molecular formula is C18H18N2O4S2. The molecule has 0 aliphatic rings. The Kier molecular flexibility index (Phi) is 5.33. The molecular weight excluding hydrogens is 372 g/mol. The second-order valence-corrected chi connectivity index (χ2v) is 8.81. The van der Waals surface area contributed by atoms with E-state index in [1.54, 1.807) is 24.3 Å². The van der Waals surface area contributed by atoms with Crippen molar-refractivity contribution in [3.05, 3.63) is 54.1 Å². The summed E-state index contributed by atoms with van der Waals surface area (Å²) >= 11 is 1.23. The van der Waals surface area contributed by atoms with Gasteiger partial charge in [0.25, 0.3) is 5.22 Å². The third-order valence-corrected chi connectivity index (χ3v) is 5.74. The highest BCUT2D eigenvalue weighted by molar-refractivity contribution is 7.99. The van der Waals surface area contributed by atoms with E-state index in [9.17, 15) is 13.2 Å². The molecule has 0 fully saturated rings. The number of rotatable bonds is 6. The van der Waals surface area contributed by atoms with Crippen LogP contribution in [0.3, 0.4) is 0 Å². The molecule has 1 atom stereocenters. The van der Waals surface area contributed by atoms with Gasteiger partial charge in [0.05, 0.1) is 16.7 Å². The van der Waals surface area contributed by atoms with Gasteiger partial charge in [0.1, 0.15) is 5.52 Å². The van der Waals surface area contributed by atoms with Crippen LogP contribution in [0.15, 0.2) is 63.1 Å². The molecule has 1 heterocycles. The Hall–Kier alpha value is -2.32. The number of nitrogens with one attached hydrogen (secondary N) is 1. The topological polar surface area (TPSA) is 89.3 Å². The largest absolute Gasteiger partial charge is 0.431 e. The summed E-state index contributed by atoms with van der Waals surface area (Å²) in [5.74, 6) is 0.0235. The normalized spacial score (nSPS) is 12.8. The third-order valence-electron chi connectivity index (χ3n) is 3.79. The maximum atomic E-state index is 12.1. The maximum Gasteiger partial charge on any atom is 0.257 e. The van der Waals surface area contributed by atoms with E-state index in [4.69, 9.17) is 4.42 Å². The van der Waals surface area contributed by atoms with Crippen LogP contribution >= 0.6 is 11.8 Å². The molecule has 3 aromatic rings. The van der Waals surface area contributed by atoms with Gasteiger partial charge in [-0.05, 0) is 36.8 Å². The molecule has 0 bridgehead atoms. The number of hydrogen-bond donors (Lipinski definition) is 1. The fourth-order valence-electron chi connectivity index (χ4n) is 2.41. The molecule has 3 rings (SSSR count).